The average Bonchev–Trinajstić information content (AvgIpc) is 2.89. The van der Waals surface area contributed by atoms with Gasteiger partial charge in [0.2, 0.25) is 11.8 Å². The highest BCUT2D eigenvalue weighted by atomic mass is 16.4. The standard InChI is InChI=1S/C28H31N3O6/c1-29-23(15-19-7-11-21(32)12-8-19)26(34)30-24(16-20-9-13-22(33)14-10-20)27(35)31-25(28(36)37)17-18-5-3-2-4-6-18/h2-14,23-25,29,32-33H,15-17H2,1H3,(H,30,34)(H,31,35)(H,36,37). The minimum atomic E-state index is -1.19. The summed E-state index contributed by atoms with van der Waals surface area (Å²) >= 11 is 0. The molecule has 3 atom stereocenters. The van der Waals surface area contributed by atoms with Crippen molar-refractivity contribution in [2.45, 2.75) is 37.4 Å². The maximum absolute atomic E-state index is 13.3. The van der Waals surface area contributed by atoms with Gasteiger partial charge in [0.15, 0.2) is 0 Å². The fourth-order valence-electron chi connectivity index (χ4n) is 3.87. The third-order valence-electron chi connectivity index (χ3n) is 5.95. The quantitative estimate of drug-likeness (QED) is 0.220. The monoisotopic (exact) mass is 505 g/mol. The van der Waals surface area contributed by atoms with Gasteiger partial charge in [-0.1, -0.05) is 54.6 Å². The topological polar surface area (TPSA) is 148 Å². The Kier molecular flexibility index (Phi) is 9.62. The van der Waals surface area contributed by atoms with Crippen LogP contribution in [0.2, 0.25) is 0 Å². The third kappa shape index (κ3) is 8.36. The molecule has 0 aromatic heterocycles. The van der Waals surface area contributed by atoms with Gasteiger partial charge in [-0.15, -0.1) is 0 Å². The molecule has 0 heterocycles. The highest BCUT2D eigenvalue weighted by Gasteiger charge is 2.29. The summed E-state index contributed by atoms with van der Waals surface area (Å²) in [6.45, 7) is 0. The van der Waals surface area contributed by atoms with E-state index in [1.54, 1.807) is 55.6 Å². The maximum Gasteiger partial charge on any atom is 0.326 e. The Morgan fingerprint density at radius 3 is 1.51 bits per heavy atom. The van der Waals surface area contributed by atoms with Gasteiger partial charge in [0, 0.05) is 12.8 Å². The predicted molar refractivity (Wildman–Crippen MR) is 138 cm³/mol. The van der Waals surface area contributed by atoms with Crippen LogP contribution in [0.3, 0.4) is 0 Å². The van der Waals surface area contributed by atoms with E-state index in [0.717, 1.165) is 11.1 Å². The molecule has 9 nitrogen and oxygen atoms in total. The number of aromatic hydroxyl groups is 2. The number of benzene rings is 3. The molecule has 0 saturated carbocycles. The van der Waals surface area contributed by atoms with Crippen LogP contribution in [0, 0.1) is 0 Å². The number of aliphatic carboxylic acids is 1. The van der Waals surface area contributed by atoms with E-state index in [2.05, 4.69) is 16.0 Å². The van der Waals surface area contributed by atoms with Crippen LogP contribution in [-0.4, -0.2) is 58.3 Å². The minimum absolute atomic E-state index is 0.0618. The normalized spacial score (nSPS) is 13.2. The zero-order chi connectivity index (χ0) is 26.8. The van der Waals surface area contributed by atoms with Crippen molar-refractivity contribution in [1.29, 1.82) is 0 Å². The lowest BCUT2D eigenvalue weighted by Crippen LogP contribution is -2.56. The number of rotatable bonds is 12. The Bertz CT molecular complexity index is 1180. The number of carboxylic acid groups (broad SMARTS) is 1. The first-order valence-corrected chi connectivity index (χ1v) is 11.9. The summed E-state index contributed by atoms with van der Waals surface area (Å²) in [5, 5.41) is 37.1. The molecule has 3 unspecified atom stereocenters. The van der Waals surface area contributed by atoms with Gasteiger partial charge in [0.1, 0.15) is 23.6 Å². The Balaban J connectivity index is 1.77. The number of carbonyl (C=O) groups excluding carboxylic acids is 2. The van der Waals surface area contributed by atoms with Crippen LogP contribution in [0.15, 0.2) is 78.9 Å². The van der Waals surface area contributed by atoms with Crippen LogP contribution in [0.4, 0.5) is 0 Å². The minimum Gasteiger partial charge on any atom is -0.508 e. The van der Waals surface area contributed by atoms with Gasteiger partial charge in [-0.25, -0.2) is 4.79 Å². The zero-order valence-corrected chi connectivity index (χ0v) is 20.4. The molecule has 37 heavy (non-hydrogen) atoms. The van der Waals surface area contributed by atoms with Gasteiger partial charge in [-0.2, -0.15) is 0 Å². The molecule has 0 aliphatic rings. The van der Waals surface area contributed by atoms with E-state index in [1.807, 2.05) is 6.07 Å². The molecule has 6 N–H and O–H groups in total. The lowest BCUT2D eigenvalue weighted by atomic mass is 10.0. The number of hydrogen-bond donors (Lipinski definition) is 6. The average molecular weight is 506 g/mol. The molecule has 0 saturated heterocycles. The molecule has 0 radical (unpaired) electrons. The van der Waals surface area contributed by atoms with Gasteiger partial charge in [0.25, 0.3) is 0 Å². The van der Waals surface area contributed by atoms with Crippen LogP contribution < -0.4 is 16.0 Å². The number of phenolic OH excluding ortho intramolecular Hbond substituents is 2. The zero-order valence-electron chi connectivity index (χ0n) is 20.4. The molecule has 3 rings (SSSR count). The Hall–Kier alpha value is -4.37. The second-order valence-electron chi connectivity index (χ2n) is 8.73. The van der Waals surface area contributed by atoms with Crippen LogP contribution >= 0.6 is 0 Å². The summed E-state index contributed by atoms with van der Waals surface area (Å²) in [6, 6.07) is 18.7. The molecule has 9 heteroatoms. The van der Waals surface area contributed by atoms with Crippen molar-refractivity contribution >= 4 is 17.8 Å². The van der Waals surface area contributed by atoms with E-state index in [9.17, 15) is 29.7 Å². The van der Waals surface area contributed by atoms with Crippen LogP contribution in [0.5, 0.6) is 11.5 Å². The molecule has 0 bridgehead atoms. The van der Waals surface area contributed by atoms with Crippen LogP contribution in [-0.2, 0) is 33.6 Å². The van der Waals surface area contributed by atoms with Crippen LogP contribution in [0.25, 0.3) is 0 Å². The van der Waals surface area contributed by atoms with Gasteiger partial charge in [-0.05, 0) is 54.4 Å². The molecule has 3 aromatic carbocycles. The Morgan fingerprint density at radius 1 is 0.622 bits per heavy atom. The number of carbonyl (C=O) groups is 3. The SMILES string of the molecule is CNC(Cc1ccc(O)cc1)C(=O)NC(Cc1ccc(O)cc1)C(=O)NC(Cc1ccccc1)C(=O)O. The second kappa shape index (κ2) is 13.1. The summed E-state index contributed by atoms with van der Waals surface area (Å²) in [5.74, 6) is -2.09. The largest absolute Gasteiger partial charge is 0.508 e. The number of likely N-dealkylation sites (N-methyl/N-ethyl adjacent to an activating group) is 1. The smallest absolute Gasteiger partial charge is 0.326 e. The Morgan fingerprint density at radius 2 is 1.03 bits per heavy atom. The maximum atomic E-state index is 13.3. The first kappa shape index (κ1) is 27.2. The fraction of sp³-hybridized carbons (Fsp3) is 0.250. The highest BCUT2D eigenvalue weighted by molar-refractivity contribution is 5.92. The van der Waals surface area contributed by atoms with E-state index in [4.69, 9.17) is 0 Å². The van der Waals surface area contributed by atoms with Crippen LogP contribution in [0.1, 0.15) is 16.7 Å². The summed E-state index contributed by atoms with van der Waals surface area (Å²) in [5.41, 5.74) is 2.23. The van der Waals surface area contributed by atoms with Gasteiger partial charge in [0.05, 0.1) is 6.04 Å². The van der Waals surface area contributed by atoms with E-state index in [-0.39, 0.29) is 24.3 Å². The van der Waals surface area contributed by atoms with Crippen molar-refractivity contribution in [1.82, 2.24) is 16.0 Å². The summed E-state index contributed by atoms with van der Waals surface area (Å²) in [7, 11) is 1.63. The molecule has 0 fully saturated rings. The Labute approximate surface area is 215 Å². The molecular weight excluding hydrogens is 474 g/mol. The number of hydrogen-bond acceptors (Lipinski definition) is 6. The fourth-order valence-corrected chi connectivity index (χ4v) is 3.87. The van der Waals surface area contributed by atoms with E-state index in [1.165, 1.54) is 24.3 Å². The molecular formula is C28H31N3O6. The molecule has 3 aromatic rings. The third-order valence-corrected chi connectivity index (χ3v) is 5.95. The number of phenols is 2. The second-order valence-corrected chi connectivity index (χ2v) is 8.73. The number of nitrogens with one attached hydrogen (secondary N) is 3. The first-order valence-electron chi connectivity index (χ1n) is 11.9. The van der Waals surface area contributed by atoms with Crippen molar-refractivity contribution in [3.05, 3.63) is 95.6 Å². The summed E-state index contributed by atoms with van der Waals surface area (Å²) < 4.78 is 0. The van der Waals surface area contributed by atoms with E-state index >= 15 is 0 Å². The first-order chi connectivity index (χ1) is 17.7. The molecule has 0 aliphatic carbocycles. The summed E-state index contributed by atoms with van der Waals surface area (Å²) in [6.07, 6.45) is 0.481. The molecule has 0 aliphatic heterocycles. The number of carboxylic acids is 1. The van der Waals surface area contributed by atoms with Gasteiger partial charge < -0.3 is 31.3 Å². The molecule has 194 valence electrons. The van der Waals surface area contributed by atoms with Crippen molar-refractivity contribution < 1.29 is 29.7 Å². The van der Waals surface area contributed by atoms with Crippen molar-refractivity contribution in [2.24, 2.45) is 0 Å². The highest BCUT2D eigenvalue weighted by Crippen LogP contribution is 2.14. The number of amides is 2. The van der Waals surface area contributed by atoms with Crippen molar-refractivity contribution in [3.63, 3.8) is 0 Å². The van der Waals surface area contributed by atoms with Crippen molar-refractivity contribution in [2.75, 3.05) is 7.05 Å². The molecule has 2 amide bonds. The predicted octanol–water partition coefficient (Wildman–Crippen LogP) is 1.77. The summed E-state index contributed by atoms with van der Waals surface area (Å²) in [4.78, 5) is 38.3. The lowest BCUT2D eigenvalue weighted by Gasteiger charge is -2.24. The van der Waals surface area contributed by atoms with Gasteiger partial charge >= 0.3 is 5.97 Å². The van der Waals surface area contributed by atoms with Gasteiger partial charge in [-0.3, -0.25) is 9.59 Å². The van der Waals surface area contributed by atoms with E-state index < -0.39 is 35.9 Å². The molecule has 0 spiro atoms. The lowest BCUT2D eigenvalue weighted by molar-refractivity contribution is -0.142. The van der Waals surface area contributed by atoms with Crippen molar-refractivity contribution in [3.8, 4) is 11.5 Å². The van der Waals surface area contributed by atoms with E-state index in [0.29, 0.717) is 12.0 Å².